The van der Waals surface area contributed by atoms with Crippen molar-refractivity contribution in [2.45, 2.75) is 80.2 Å². The van der Waals surface area contributed by atoms with E-state index in [2.05, 4.69) is 26.2 Å². The number of aromatic nitrogens is 1. The predicted molar refractivity (Wildman–Crippen MR) is 200 cm³/mol. The quantitative estimate of drug-likeness (QED) is 0.197. The topological polar surface area (TPSA) is 184 Å². The molecule has 7 N–H and O–H groups in total. The van der Waals surface area contributed by atoms with E-state index in [-0.39, 0.29) is 34.2 Å². The summed E-state index contributed by atoms with van der Waals surface area (Å²) in [4.78, 5) is 35.8. The Bertz CT molecular complexity index is 1620. The number of nitrogens with two attached hydrogens (primary N) is 3. The minimum atomic E-state index is -3.71. The SMILES string of the molecule is NCCN(CCN)CCCC(=O)NC1CCC(C2(c3cc(Cl)nc(N4CCN(S(=O)(=O)c5ccc(N6C[C@H](N)CC6=O)cc5)CC4)c3)CC2)CC1. The third kappa shape index (κ3) is 8.86. The van der Waals surface area contributed by atoms with Crippen molar-refractivity contribution in [3.05, 3.63) is 47.1 Å². The summed E-state index contributed by atoms with van der Waals surface area (Å²) in [6.45, 7) is 5.69. The summed E-state index contributed by atoms with van der Waals surface area (Å²) >= 11 is 6.64. The molecule has 280 valence electrons. The molecule has 1 aromatic carbocycles. The summed E-state index contributed by atoms with van der Waals surface area (Å²) in [6.07, 6.45) is 7.89. The first kappa shape index (κ1) is 37.9. The molecule has 1 aromatic heterocycles. The van der Waals surface area contributed by atoms with Gasteiger partial charge in [-0.1, -0.05) is 11.6 Å². The van der Waals surface area contributed by atoms with Crippen molar-refractivity contribution in [2.24, 2.45) is 23.1 Å². The van der Waals surface area contributed by atoms with Crippen LogP contribution in [0.1, 0.15) is 63.4 Å². The van der Waals surface area contributed by atoms with Gasteiger partial charge in [-0.2, -0.15) is 4.31 Å². The molecule has 51 heavy (non-hydrogen) atoms. The smallest absolute Gasteiger partial charge is 0.243 e. The summed E-state index contributed by atoms with van der Waals surface area (Å²) in [5, 5.41) is 3.74. The van der Waals surface area contributed by atoms with Crippen molar-refractivity contribution >= 4 is 44.9 Å². The molecule has 2 saturated carbocycles. The zero-order valence-electron chi connectivity index (χ0n) is 29.5. The summed E-state index contributed by atoms with van der Waals surface area (Å²) in [6, 6.07) is 10.7. The monoisotopic (exact) mass is 743 g/mol. The van der Waals surface area contributed by atoms with Crippen LogP contribution < -0.4 is 32.3 Å². The lowest BCUT2D eigenvalue weighted by Gasteiger charge is -2.37. The molecule has 0 spiro atoms. The minimum Gasteiger partial charge on any atom is -0.354 e. The van der Waals surface area contributed by atoms with Gasteiger partial charge in [0.25, 0.3) is 0 Å². The van der Waals surface area contributed by atoms with E-state index in [9.17, 15) is 18.0 Å². The van der Waals surface area contributed by atoms with Crippen LogP contribution in [-0.2, 0) is 25.0 Å². The van der Waals surface area contributed by atoms with Crippen LogP contribution in [0.3, 0.4) is 0 Å². The Morgan fingerprint density at radius 2 is 1.65 bits per heavy atom. The van der Waals surface area contributed by atoms with Gasteiger partial charge in [0, 0.05) is 89.5 Å². The van der Waals surface area contributed by atoms with E-state index in [1.54, 1.807) is 29.2 Å². The minimum absolute atomic E-state index is 0.0512. The number of anilines is 2. The fourth-order valence-electron chi connectivity index (χ4n) is 8.34. The van der Waals surface area contributed by atoms with Crippen LogP contribution in [0.2, 0.25) is 5.15 Å². The average Bonchev–Trinajstić information content (AvgIpc) is 3.86. The molecule has 2 aromatic rings. The Morgan fingerprint density at radius 1 is 0.980 bits per heavy atom. The molecular formula is C36H54ClN9O4S. The second-order valence-electron chi connectivity index (χ2n) is 14.7. The molecular weight excluding hydrogens is 690 g/mol. The normalized spacial score (nSPS) is 23.9. The highest BCUT2D eigenvalue weighted by molar-refractivity contribution is 7.89. The molecule has 4 fully saturated rings. The van der Waals surface area contributed by atoms with Gasteiger partial charge < -0.3 is 37.2 Å². The summed E-state index contributed by atoms with van der Waals surface area (Å²) < 4.78 is 28.6. The number of hydrogen-bond donors (Lipinski definition) is 4. The first-order chi connectivity index (χ1) is 24.5. The highest BCUT2D eigenvalue weighted by atomic mass is 35.5. The second kappa shape index (κ2) is 16.4. The molecule has 0 bridgehead atoms. The number of piperazine rings is 1. The molecule has 3 heterocycles. The fourth-order valence-corrected chi connectivity index (χ4v) is 9.97. The van der Waals surface area contributed by atoms with Crippen molar-refractivity contribution in [1.29, 1.82) is 0 Å². The van der Waals surface area contributed by atoms with Crippen LogP contribution >= 0.6 is 11.6 Å². The number of sulfonamides is 1. The van der Waals surface area contributed by atoms with Gasteiger partial charge in [-0.05, 0) is 105 Å². The number of carbonyl (C=O) groups excluding carboxylic acids is 2. The molecule has 0 unspecified atom stereocenters. The fraction of sp³-hybridized carbons (Fsp3) is 0.639. The van der Waals surface area contributed by atoms with E-state index in [1.165, 1.54) is 9.87 Å². The average molecular weight is 744 g/mol. The Kier molecular flexibility index (Phi) is 12.2. The van der Waals surface area contributed by atoms with Gasteiger partial charge in [-0.15, -0.1) is 0 Å². The van der Waals surface area contributed by atoms with E-state index in [0.717, 1.165) is 70.4 Å². The molecule has 0 radical (unpaired) electrons. The van der Waals surface area contributed by atoms with E-state index in [0.29, 0.717) is 75.4 Å². The van der Waals surface area contributed by atoms with E-state index in [1.807, 2.05) is 6.07 Å². The number of pyridine rings is 1. The molecule has 15 heteroatoms. The van der Waals surface area contributed by atoms with Gasteiger partial charge in [0.05, 0.1) is 4.90 Å². The van der Waals surface area contributed by atoms with Gasteiger partial charge in [-0.3, -0.25) is 9.59 Å². The standard InChI is InChI=1S/C36H54ClN9O4S/c37-32-22-27(36(11-12-36)26-3-5-29(6-4-26)41-34(47)2-1-15-43(16-13-38)17-14-39)23-33(42-32)44-18-20-45(21-19-44)51(49,50)31-9-7-30(8-10-31)46-25-28(40)24-35(46)48/h7-10,22-23,26,28-29H,1-6,11-21,24-25,38-40H2,(H,41,47)/t26?,28-,29?/m1/s1. The molecule has 2 aliphatic carbocycles. The van der Waals surface area contributed by atoms with Crippen LogP contribution in [0.25, 0.3) is 0 Å². The number of amides is 2. The van der Waals surface area contributed by atoms with Gasteiger partial charge in [0.15, 0.2) is 0 Å². The lowest BCUT2D eigenvalue weighted by molar-refractivity contribution is -0.122. The summed E-state index contributed by atoms with van der Waals surface area (Å²) in [5.74, 6) is 1.38. The highest BCUT2D eigenvalue weighted by Gasteiger charge is 2.51. The Hall–Kier alpha value is -2.85. The van der Waals surface area contributed by atoms with Crippen LogP contribution in [0, 0.1) is 5.92 Å². The zero-order valence-corrected chi connectivity index (χ0v) is 31.1. The van der Waals surface area contributed by atoms with Gasteiger partial charge in [-0.25, -0.2) is 13.4 Å². The number of carbonyl (C=O) groups is 2. The van der Waals surface area contributed by atoms with Crippen LogP contribution in [0.15, 0.2) is 41.3 Å². The number of halogens is 1. The number of rotatable bonds is 15. The number of nitrogens with one attached hydrogen (secondary N) is 1. The van der Waals surface area contributed by atoms with Crippen molar-refractivity contribution in [1.82, 2.24) is 19.5 Å². The summed E-state index contributed by atoms with van der Waals surface area (Å²) in [5.41, 5.74) is 19.3. The highest BCUT2D eigenvalue weighted by Crippen LogP contribution is 2.58. The van der Waals surface area contributed by atoms with Gasteiger partial charge in [0.1, 0.15) is 11.0 Å². The molecule has 13 nitrogen and oxygen atoms in total. The largest absolute Gasteiger partial charge is 0.354 e. The first-order valence-corrected chi connectivity index (χ1v) is 20.4. The Morgan fingerprint density at radius 3 is 2.24 bits per heavy atom. The molecule has 4 aliphatic rings. The van der Waals surface area contributed by atoms with E-state index >= 15 is 0 Å². The number of benzene rings is 1. The lowest BCUT2D eigenvalue weighted by Crippen LogP contribution is -2.49. The first-order valence-electron chi connectivity index (χ1n) is 18.5. The maximum atomic E-state index is 13.5. The van der Waals surface area contributed by atoms with Gasteiger partial charge >= 0.3 is 0 Å². The third-order valence-corrected chi connectivity index (χ3v) is 13.4. The van der Waals surface area contributed by atoms with E-state index in [4.69, 9.17) is 28.8 Å². The third-order valence-electron chi connectivity index (χ3n) is 11.3. The number of hydrogen-bond acceptors (Lipinski definition) is 10. The summed E-state index contributed by atoms with van der Waals surface area (Å²) in [7, 11) is -3.71. The van der Waals surface area contributed by atoms with Crippen LogP contribution in [0.4, 0.5) is 11.5 Å². The molecule has 2 saturated heterocycles. The van der Waals surface area contributed by atoms with Crippen LogP contribution in [0.5, 0.6) is 0 Å². The lowest BCUT2D eigenvalue weighted by atomic mass is 9.73. The van der Waals surface area contributed by atoms with Crippen molar-refractivity contribution in [2.75, 3.05) is 75.2 Å². The maximum absolute atomic E-state index is 13.5. The van der Waals surface area contributed by atoms with Crippen molar-refractivity contribution < 1.29 is 18.0 Å². The predicted octanol–water partition coefficient (Wildman–Crippen LogP) is 2.02. The molecule has 2 aliphatic heterocycles. The van der Waals surface area contributed by atoms with Crippen molar-refractivity contribution in [3.8, 4) is 0 Å². The van der Waals surface area contributed by atoms with E-state index < -0.39 is 10.0 Å². The zero-order chi connectivity index (χ0) is 36.2. The number of nitrogens with zero attached hydrogens (tertiary/aromatic N) is 5. The molecule has 1 atom stereocenters. The Balaban J connectivity index is 1.01. The maximum Gasteiger partial charge on any atom is 0.243 e. The second-order valence-corrected chi connectivity index (χ2v) is 17.0. The molecule has 2 amide bonds. The Labute approximate surface area is 307 Å². The molecule has 6 rings (SSSR count). The van der Waals surface area contributed by atoms with Crippen LogP contribution in [-0.4, -0.2) is 112 Å². The van der Waals surface area contributed by atoms with Crippen molar-refractivity contribution in [3.63, 3.8) is 0 Å². The van der Waals surface area contributed by atoms with Gasteiger partial charge in [0.2, 0.25) is 21.8 Å².